The van der Waals surface area contributed by atoms with E-state index in [0.29, 0.717) is 5.92 Å². The Labute approximate surface area is 247 Å². The Morgan fingerprint density at radius 1 is 1.00 bits per heavy atom. The van der Waals surface area contributed by atoms with E-state index in [0.717, 1.165) is 50.8 Å². The average Bonchev–Trinajstić information content (AvgIpc) is 3.19. The summed E-state index contributed by atoms with van der Waals surface area (Å²) < 4.78 is 2.23. The van der Waals surface area contributed by atoms with Gasteiger partial charge in [-0.3, -0.25) is 9.48 Å². The van der Waals surface area contributed by atoms with Crippen molar-refractivity contribution < 1.29 is 9.59 Å². The van der Waals surface area contributed by atoms with Gasteiger partial charge in [0.15, 0.2) is 11.6 Å². The molecule has 5 nitrogen and oxygen atoms in total. The molecule has 1 aromatic rings. The molecule has 0 amide bonds. The second kappa shape index (κ2) is 8.55. The number of carbonyl (C=O) groups is 2. The van der Waals surface area contributed by atoms with Crippen molar-refractivity contribution in [2.24, 2.45) is 50.2 Å². The number of aromatic nitrogens is 2. The maximum absolute atomic E-state index is 14.7. The van der Waals surface area contributed by atoms with E-state index in [-0.39, 0.29) is 50.8 Å². The number of aryl methyl sites for hydroxylation is 2. The molecule has 0 saturated heterocycles. The van der Waals surface area contributed by atoms with Crippen LogP contribution in [0.4, 0.5) is 0 Å². The van der Waals surface area contributed by atoms with Crippen molar-refractivity contribution in [2.45, 2.75) is 114 Å². The lowest BCUT2D eigenvalue weighted by Crippen LogP contribution is -2.65. The minimum Gasteiger partial charge on any atom is -0.307 e. The van der Waals surface area contributed by atoms with Crippen LogP contribution in [-0.2, 0) is 16.1 Å². The maximum Gasteiger partial charge on any atom is 0.226 e. The predicted octanol–water partition coefficient (Wildman–Crippen LogP) is 8.07. The highest BCUT2D eigenvalue weighted by atomic mass is 16.1. The molecule has 220 valence electrons. The molecule has 1 heterocycles. The van der Waals surface area contributed by atoms with Crippen LogP contribution in [0.5, 0.6) is 0 Å². The molecule has 1 aromatic heterocycles. The molecule has 3 saturated carbocycles. The largest absolute Gasteiger partial charge is 0.307 e. The molecule has 0 aliphatic heterocycles. The zero-order valence-electron chi connectivity index (χ0n) is 26.8. The normalized spacial score (nSPS) is 42.6. The fourth-order valence-electron chi connectivity index (χ4n) is 11.1. The summed E-state index contributed by atoms with van der Waals surface area (Å²) in [5.74, 6) is 0.614. The third-order valence-electron chi connectivity index (χ3n) is 13.6. The fraction of sp³-hybridized carbons (Fsp3) is 0.722. The number of hydrogen-bond acceptors (Lipinski definition) is 3. The number of nitrogens with zero attached hydrogens (tertiary/aromatic N) is 3. The zero-order valence-corrected chi connectivity index (χ0v) is 26.8. The molecule has 0 radical (unpaired) electrons. The molecule has 7 atom stereocenters. The monoisotopic (exact) mass is 555 g/mol. The zero-order chi connectivity index (χ0) is 30.0. The van der Waals surface area contributed by atoms with Gasteiger partial charge in [0, 0.05) is 29.0 Å². The predicted molar refractivity (Wildman–Crippen MR) is 162 cm³/mol. The Balaban J connectivity index is 1.50. The summed E-state index contributed by atoms with van der Waals surface area (Å²) in [5, 5.41) is 4.90. The van der Waals surface area contributed by atoms with Crippen LogP contribution in [0.25, 0.3) is 4.85 Å². The molecular weight excluding hydrogens is 506 g/mol. The molecule has 0 bridgehead atoms. The van der Waals surface area contributed by atoms with Gasteiger partial charge in [-0.2, -0.15) is 5.10 Å². The van der Waals surface area contributed by atoms with Crippen molar-refractivity contribution in [3.05, 3.63) is 52.3 Å². The number of hydrogen-bond donors (Lipinski definition) is 0. The van der Waals surface area contributed by atoms with Crippen molar-refractivity contribution in [3.63, 3.8) is 0 Å². The van der Waals surface area contributed by atoms with Gasteiger partial charge in [0.1, 0.15) is 0 Å². The summed E-state index contributed by atoms with van der Waals surface area (Å²) in [7, 11) is 0. The first-order chi connectivity index (χ1) is 18.9. The first-order valence-electron chi connectivity index (χ1n) is 15.9. The molecule has 0 unspecified atom stereocenters. The maximum atomic E-state index is 14.7. The van der Waals surface area contributed by atoms with Crippen LogP contribution in [0.3, 0.4) is 0 Å². The van der Waals surface area contributed by atoms with Gasteiger partial charge in [-0.15, -0.1) is 0 Å². The smallest absolute Gasteiger partial charge is 0.226 e. The lowest BCUT2D eigenvalue weighted by Gasteiger charge is -2.69. The Morgan fingerprint density at radius 3 is 2.32 bits per heavy atom. The van der Waals surface area contributed by atoms with Gasteiger partial charge in [-0.25, -0.2) is 4.85 Å². The van der Waals surface area contributed by atoms with Crippen molar-refractivity contribution in [3.8, 4) is 0 Å². The minimum atomic E-state index is -0.624. The molecule has 0 spiro atoms. The van der Waals surface area contributed by atoms with E-state index in [9.17, 15) is 9.59 Å². The highest BCUT2D eigenvalue weighted by Crippen LogP contribution is 2.74. The summed E-state index contributed by atoms with van der Waals surface area (Å²) in [6.07, 6.45) is 11.4. The van der Waals surface area contributed by atoms with E-state index in [1.807, 2.05) is 26.0 Å². The van der Waals surface area contributed by atoms with Crippen LogP contribution in [0.15, 0.2) is 29.5 Å². The van der Waals surface area contributed by atoms with Gasteiger partial charge in [0.25, 0.3) is 0 Å². The third kappa shape index (κ3) is 3.67. The third-order valence-corrected chi connectivity index (χ3v) is 13.6. The van der Waals surface area contributed by atoms with Gasteiger partial charge < -0.3 is 4.79 Å². The van der Waals surface area contributed by atoms with Crippen molar-refractivity contribution in [1.29, 1.82) is 0 Å². The van der Waals surface area contributed by atoms with Crippen LogP contribution in [0.1, 0.15) is 105 Å². The van der Waals surface area contributed by atoms with Crippen LogP contribution in [0, 0.1) is 70.7 Å². The van der Waals surface area contributed by atoms with E-state index in [2.05, 4.69) is 64.1 Å². The highest BCUT2D eigenvalue weighted by molar-refractivity contribution is 6.03. The highest BCUT2D eigenvalue weighted by Gasteiger charge is 2.69. The lowest BCUT2D eigenvalue weighted by molar-refractivity contribution is -0.174. The molecule has 41 heavy (non-hydrogen) atoms. The molecule has 5 heteroatoms. The summed E-state index contributed by atoms with van der Waals surface area (Å²) in [4.78, 5) is 31.7. The topological polar surface area (TPSA) is 56.3 Å². The second-order valence-corrected chi connectivity index (χ2v) is 16.7. The summed E-state index contributed by atoms with van der Waals surface area (Å²) >= 11 is 0. The SMILES string of the molecule is [C-]#[N+]C1=C[C@]2(C)C3=CC(=O)[C@@H]4[C@@H]5CC(C)(C)CC[C@]5(Cn5nc(C)cc5C)CC[C@@]4(C)[C@]3(C)CC[C@H]2C(C)(C)C1=O. The van der Waals surface area contributed by atoms with Gasteiger partial charge in [-0.05, 0) is 104 Å². The quantitative estimate of drug-likeness (QED) is 0.347. The van der Waals surface area contributed by atoms with Gasteiger partial charge in [0.2, 0.25) is 5.70 Å². The van der Waals surface area contributed by atoms with E-state index in [1.54, 1.807) is 0 Å². The van der Waals surface area contributed by atoms with E-state index in [4.69, 9.17) is 11.7 Å². The summed E-state index contributed by atoms with van der Waals surface area (Å²) in [6.45, 7) is 28.9. The van der Waals surface area contributed by atoms with Crippen LogP contribution in [-0.4, -0.2) is 21.3 Å². The fourth-order valence-corrected chi connectivity index (χ4v) is 11.1. The first kappa shape index (κ1) is 28.6. The number of carbonyl (C=O) groups excluding carboxylic acids is 2. The average molecular weight is 556 g/mol. The van der Waals surface area contributed by atoms with Crippen LogP contribution < -0.4 is 0 Å². The molecule has 0 N–H and O–H groups in total. The summed E-state index contributed by atoms with van der Waals surface area (Å²) in [6, 6.07) is 2.17. The van der Waals surface area contributed by atoms with E-state index >= 15 is 0 Å². The molecular formula is C36H49N3O2. The molecule has 5 aliphatic carbocycles. The Kier molecular flexibility index (Phi) is 5.97. The second-order valence-electron chi connectivity index (χ2n) is 16.7. The molecule has 3 fully saturated rings. The Hall–Kier alpha value is -2.48. The lowest BCUT2D eigenvalue weighted by atomic mass is 9.34. The van der Waals surface area contributed by atoms with Gasteiger partial charge >= 0.3 is 0 Å². The number of ketones is 2. The number of Topliss-reactive ketones (excluding diaryl/α,β-unsaturated/α-hetero) is 1. The standard InChI is InChI=1S/C36H49N3O2/c1-22-17-23(2)39(38-22)21-36-15-13-31(3,4)19-24(36)29-26(40)18-28-33(7)20-25(37-10)30(41)32(5,6)27(33)11-12-34(28,8)35(29,9)14-16-36/h17-18,20,24,27,29H,11-16,19,21H2,1-9H3/t24-,27-,29-,33-,34+,35+,36+/m0/s1. The number of fused-ring (bicyclic) bond motifs is 7. The van der Waals surface area contributed by atoms with Gasteiger partial charge in [-0.1, -0.05) is 60.1 Å². The van der Waals surface area contributed by atoms with Crippen molar-refractivity contribution in [1.82, 2.24) is 9.78 Å². The van der Waals surface area contributed by atoms with Gasteiger partial charge in [0.05, 0.1) is 12.3 Å². The van der Waals surface area contributed by atoms with Crippen molar-refractivity contribution >= 4 is 11.6 Å². The molecule has 0 aromatic carbocycles. The Morgan fingerprint density at radius 2 is 1.68 bits per heavy atom. The number of rotatable bonds is 2. The Bertz CT molecular complexity index is 1450. The molecule has 5 aliphatic rings. The number of allylic oxidation sites excluding steroid dienone is 4. The van der Waals surface area contributed by atoms with Crippen LogP contribution >= 0.6 is 0 Å². The van der Waals surface area contributed by atoms with Crippen molar-refractivity contribution in [2.75, 3.05) is 0 Å². The van der Waals surface area contributed by atoms with Crippen LogP contribution in [0.2, 0.25) is 0 Å². The van der Waals surface area contributed by atoms with E-state index in [1.165, 1.54) is 17.7 Å². The molecule has 6 rings (SSSR count). The first-order valence-corrected chi connectivity index (χ1v) is 15.9. The summed E-state index contributed by atoms with van der Waals surface area (Å²) in [5.41, 5.74) is 2.55. The minimum absolute atomic E-state index is 0.0239. The van der Waals surface area contributed by atoms with E-state index < -0.39 is 10.8 Å².